The normalized spacial score (nSPS) is 11.9. The van der Waals surface area contributed by atoms with Gasteiger partial charge in [-0.15, -0.1) is 10.2 Å². The maximum Gasteiger partial charge on any atom is 0.264 e. The van der Waals surface area contributed by atoms with Crippen LogP contribution in [-0.4, -0.2) is 34.0 Å². The van der Waals surface area contributed by atoms with E-state index in [1.807, 2.05) is 29.0 Å². The quantitative estimate of drug-likeness (QED) is 0.275. The Balaban J connectivity index is 1.54. The van der Waals surface area contributed by atoms with E-state index in [9.17, 15) is 18.3 Å². The third-order valence-electron chi connectivity index (χ3n) is 4.28. The summed E-state index contributed by atoms with van der Waals surface area (Å²) in [6.45, 7) is 1.35. The van der Waals surface area contributed by atoms with Gasteiger partial charge in [-0.2, -0.15) is 0 Å². The lowest BCUT2D eigenvalue weighted by atomic mass is 10.3. The highest BCUT2D eigenvalue weighted by molar-refractivity contribution is 7.90. The second-order valence-electron chi connectivity index (χ2n) is 6.64. The second kappa shape index (κ2) is 8.61. The molecule has 0 aliphatic rings. The second-order valence-corrected chi connectivity index (χ2v) is 9.94. The number of nitrogens with one attached hydrogen (secondary N) is 2. The summed E-state index contributed by atoms with van der Waals surface area (Å²) in [5.74, 6) is -0.193. The number of hydrogen-bond donors (Lipinski definition) is 3. The third-order valence-corrected chi connectivity index (χ3v) is 7.05. The van der Waals surface area contributed by atoms with E-state index in [0.717, 1.165) is 29.3 Å². The number of imidazole rings is 1. The first-order valence-corrected chi connectivity index (χ1v) is 11.8. The number of carbonyl (C=O) groups is 1. The van der Waals surface area contributed by atoms with Gasteiger partial charge >= 0.3 is 0 Å². The van der Waals surface area contributed by atoms with Crippen molar-refractivity contribution in [3.05, 3.63) is 58.3 Å². The van der Waals surface area contributed by atoms with Crippen LogP contribution in [-0.2, 0) is 21.4 Å². The number of fused-ring (bicyclic) bond motifs is 1. The van der Waals surface area contributed by atoms with E-state index in [0.29, 0.717) is 15.5 Å². The highest BCUT2D eigenvalue weighted by atomic mass is 32.2. The number of aromatic amines is 1. The molecule has 13 heteroatoms. The largest absolute Gasteiger partial charge is 0.492 e. The Bertz CT molecular complexity index is 1470. The van der Waals surface area contributed by atoms with Gasteiger partial charge in [-0.1, -0.05) is 23.5 Å². The van der Waals surface area contributed by atoms with Gasteiger partial charge in [0.2, 0.25) is 16.8 Å². The summed E-state index contributed by atoms with van der Waals surface area (Å²) in [4.78, 5) is 18.6. The van der Waals surface area contributed by atoms with Crippen LogP contribution in [0.3, 0.4) is 0 Å². The Labute approximate surface area is 191 Å². The number of rotatable bonds is 6. The maximum atomic E-state index is 12.0. The molecule has 4 aromatic rings. The van der Waals surface area contributed by atoms with Crippen LogP contribution in [0.25, 0.3) is 11.0 Å². The smallest absolute Gasteiger partial charge is 0.264 e. The van der Waals surface area contributed by atoms with Crippen LogP contribution in [0.2, 0.25) is 0 Å². The van der Waals surface area contributed by atoms with Crippen molar-refractivity contribution in [2.45, 2.75) is 18.4 Å². The highest BCUT2D eigenvalue weighted by Crippen LogP contribution is 2.36. The van der Waals surface area contributed by atoms with Crippen LogP contribution < -0.4 is 4.72 Å². The first kappa shape index (κ1) is 21.8. The molecule has 0 saturated carbocycles. The Kier molecular flexibility index (Phi) is 5.86. The van der Waals surface area contributed by atoms with Gasteiger partial charge in [-0.3, -0.25) is 9.36 Å². The van der Waals surface area contributed by atoms with Crippen molar-refractivity contribution in [2.75, 3.05) is 0 Å². The fraction of sp³-hybridized carbons (Fsp3) is 0.105. The number of para-hydroxylation sites is 2. The average Bonchev–Trinajstić information content (AvgIpc) is 3.27. The summed E-state index contributed by atoms with van der Waals surface area (Å²) in [6.07, 6.45) is 0. The van der Waals surface area contributed by atoms with Crippen molar-refractivity contribution in [1.82, 2.24) is 19.3 Å². The summed E-state index contributed by atoms with van der Waals surface area (Å²) in [5, 5.41) is 18.8. The fourth-order valence-corrected chi connectivity index (χ4v) is 4.95. The van der Waals surface area contributed by atoms with E-state index in [1.165, 1.54) is 28.8 Å². The van der Waals surface area contributed by atoms with Crippen molar-refractivity contribution in [1.29, 1.82) is 0 Å². The Morgan fingerprint density at radius 3 is 2.62 bits per heavy atom. The predicted octanol–water partition coefficient (Wildman–Crippen LogP) is 4.15. The predicted molar refractivity (Wildman–Crippen MR) is 122 cm³/mol. The van der Waals surface area contributed by atoms with E-state index >= 15 is 0 Å². The first-order valence-electron chi connectivity index (χ1n) is 9.14. The minimum absolute atomic E-state index is 0.0814. The van der Waals surface area contributed by atoms with Gasteiger partial charge in [0.15, 0.2) is 3.95 Å². The summed E-state index contributed by atoms with van der Waals surface area (Å²) < 4.78 is 27.7. The zero-order valence-electron chi connectivity index (χ0n) is 16.5. The molecule has 1 amide bonds. The van der Waals surface area contributed by atoms with Crippen molar-refractivity contribution < 1.29 is 18.3 Å². The molecule has 0 unspecified atom stereocenters. The number of sulfonamides is 1. The molecule has 32 heavy (non-hydrogen) atoms. The van der Waals surface area contributed by atoms with Gasteiger partial charge in [0.25, 0.3) is 10.0 Å². The molecule has 0 bridgehead atoms. The van der Waals surface area contributed by atoms with Crippen LogP contribution in [0.15, 0.2) is 63.7 Å². The van der Waals surface area contributed by atoms with E-state index < -0.39 is 15.9 Å². The van der Waals surface area contributed by atoms with Crippen LogP contribution in [0.4, 0.5) is 10.7 Å². The van der Waals surface area contributed by atoms with Crippen molar-refractivity contribution >= 4 is 61.2 Å². The number of aromatic hydroxyl groups is 1. The zero-order chi connectivity index (χ0) is 22.9. The molecule has 10 nitrogen and oxygen atoms in total. The number of benzene rings is 2. The van der Waals surface area contributed by atoms with E-state index in [4.69, 9.17) is 12.2 Å². The monoisotopic (exact) mass is 488 g/mol. The van der Waals surface area contributed by atoms with Crippen molar-refractivity contribution in [3.8, 4) is 5.88 Å². The minimum Gasteiger partial charge on any atom is -0.492 e. The van der Waals surface area contributed by atoms with E-state index in [2.05, 4.69) is 20.2 Å². The van der Waals surface area contributed by atoms with Gasteiger partial charge in [-0.05, 0) is 48.6 Å². The average molecular weight is 489 g/mol. The number of carbonyl (C=O) groups excluding carboxylic acids is 1. The molecule has 4 rings (SSSR count). The number of azo groups is 1. The topological polar surface area (TPSA) is 142 Å². The van der Waals surface area contributed by atoms with Gasteiger partial charge in [0.1, 0.15) is 5.82 Å². The molecule has 164 valence electrons. The Morgan fingerprint density at radius 1 is 1.22 bits per heavy atom. The summed E-state index contributed by atoms with van der Waals surface area (Å²) >= 11 is 6.42. The molecule has 0 saturated heterocycles. The molecule has 0 fully saturated rings. The molecule has 2 heterocycles. The van der Waals surface area contributed by atoms with Gasteiger partial charge in [0, 0.05) is 6.92 Å². The van der Waals surface area contributed by atoms with Gasteiger partial charge in [-0.25, -0.2) is 18.1 Å². The fourth-order valence-electron chi connectivity index (χ4n) is 2.86. The summed E-state index contributed by atoms with van der Waals surface area (Å²) in [5.41, 5.74) is 2.05. The molecule has 0 aliphatic carbocycles. The van der Waals surface area contributed by atoms with Crippen molar-refractivity contribution in [3.63, 3.8) is 0 Å². The van der Waals surface area contributed by atoms with E-state index in [-0.39, 0.29) is 22.3 Å². The Morgan fingerprint density at radius 2 is 1.94 bits per heavy atom. The highest BCUT2D eigenvalue weighted by Gasteiger charge is 2.16. The van der Waals surface area contributed by atoms with Crippen LogP contribution in [0.1, 0.15) is 12.7 Å². The standard InChI is InChI=1S/C19H16N6O4S3/c1-11(26)24-32(28,29)13-8-6-12(7-9-13)22-23-17-18(27)25(19(30)31-17)10-16-20-14-4-2-3-5-15(14)21-16/h2-9,27H,10H2,1H3,(H,20,21)(H,24,26). The lowest BCUT2D eigenvalue weighted by molar-refractivity contribution is -0.117. The molecule has 0 atom stereocenters. The van der Waals surface area contributed by atoms with Crippen LogP contribution >= 0.6 is 23.6 Å². The number of nitrogens with zero attached hydrogens (tertiary/aromatic N) is 4. The zero-order valence-corrected chi connectivity index (χ0v) is 19.0. The molecule has 3 N–H and O–H groups in total. The third kappa shape index (κ3) is 4.59. The van der Waals surface area contributed by atoms with Crippen LogP contribution in [0.5, 0.6) is 5.88 Å². The summed E-state index contributed by atoms with van der Waals surface area (Å²) in [7, 11) is -3.93. The number of H-pyrrole nitrogens is 1. The number of hydrogen-bond acceptors (Lipinski definition) is 9. The Hall–Kier alpha value is -3.42. The number of aromatic nitrogens is 3. The lowest BCUT2D eigenvalue weighted by Crippen LogP contribution is -2.28. The molecule has 2 aromatic heterocycles. The number of thiazole rings is 1. The SMILES string of the molecule is CC(=O)NS(=O)(=O)c1ccc(N=Nc2sc(=S)n(Cc3nc4ccccc4[nH]3)c2O)cc1. The molecular weight excluding hydrogens is 472 g/mol. The molecule has 0 aliphatic heterocycles. The molecule has 0 spiro atoms. The molecule has 0 radical (unpaired) electrons. The van der Waals surface area contributed by atoms with Gasteiger partial charge in [0.05, 0.1) is 28.2 Å². The lowest BCUT2D eigenvalue weighted by Gasteiger charge is -2.04. The van der Waals surface area contributed by atoms with Crippen molar-refractivity contribution in [2.24, 2.45) is 10.2 Å². The molecular formula is C19H16N6O4S3. The first-order chi connectivity index (χ1) is 15.2. The van der Waals surface area contributed by atoms with Crippen LogP contribution in [0, 0.1) is 3.95 Å². The molecule has 2 aromatic carbocycles. The number of amides is 1. The summed E-state index contributed by atoms with van der Waals surface area (Å²) in [6, 6.07) is 13.0. The maximum absolute atomic E-state index is 12.0. The van der Waals surface area contributed by atoms with Gasteiger partial charge < -0.3 is 10.1 Å². The minimum atomic E-state index is -3.93. The van der Waals surface area contributed by atoms with E-state index in [1.54, 1.807) is 0 Å².